The van der Waals surface area contributed by atoms with E-state index in [4.69, 9.17) is 14.2 Å². The van der Waals surface area contributed by atoms with Gasteiger partial charge in [-0.2, -0.15) is 0 Å². The van der Waals surface area contributed by atoms with Crippen molar-refractivity contribution in [3.05, 3.63) is 51.2 Å². The second-order valence-corrected chi connectivity index (χ2v) is 7.88. The number of nitrogens with one attached hydrogen (secondary N) is 1. The number of thiazole rings is 1. The highest BCUT2D eigenvalue weighted by Crippen LogP contribution is 2.35. The van der Waals surface area contributed by atoms with Crippen molar-refractivity contribution in [3.63, 3.8) is 0 Å². The molecule has 0 aliphatic heterocycles. The quantitative estimate of drug-likeness (QED) is 0.555. The highest BCUT2D eigenvalue weighted by atomic mass is 32.1. The lowest BCUT2D eigenvalue weighted by atomic mass is 10.2. The molecule has 0 saturated heterocycles. The van der Waals surface area contributed by atoms with Gasteiger partial charge in [0.05, 0.1) is 24.8 Å². The Hall–Kier alpha value is -3.24. The van der Waals surface area contributed by atoms with Gasteiger partial charge in [0.1, 0.15) is 9.88 Å². The van der Waals surface area contributed by atoms with Crippen molar-refractivity contribution >= 4 is 40.5 Å². The number of thiophene rings is 1. The van der Waals surface area contributed by atoms with Gasteiger partial charge in [-0.25, -0.2) is 9.78 Å². The largest absolute Gasteiger partial charge is 0.493 e. The first-order valence-corrected chi connectivity index (χ1v) is 10.4. The molecule has 30 heavy (non-hydrogen) atoms. The summed E-state index contributed by atoms with van der Waals surface area (Å²) < 4.78 is 15.6. The highest BCUT2D eigenvalue weighted by Gasteiger charge is 2.20. The van der Waals surface area contributed by atoms with E-state index >= 15 is 0 Å². The van der Waals surface area contributed by atoms with E-state index < -0.39 is 24.4 Å². The molecule has 0 aliphatic carbocycles. The van der Waals surface area contributed by atoms with Gasteiger partial charge in [0.25, 0.3) is 11.8 Å². The van der Waals surface area contributed by atoms with Gasteiger partial charge >= 0.3 is 5.97 Å². The molecule has 10 heteroatoms. The molecule has 156 valence electrons. The number of benzene rings is 1. The molecular formula is C20H18N2O6S2. The Balaban J connectivity index is 1.65. The molecule has 0 atom stereocenters. The minimum Gasteiger partial charge on any atom is -0.493 e. The van der Waals surface area contributed by atoms with Gasteiger partial charge in [-0.05, 0) is 36.6 Å². The second-order valence-electron chi connectivity index (χ2n) is 5.93. The summed E-state index contributed by atoms with van der Waals surface area (Å²) >= 11 is 2.34. The lowest BCUT2D eigenvalue weighted by Gasteiger charge is -2.08. The Morgan fingerprint density at radius 2 is 1.87 bits per heavy atom. The molecular weight excluding hydrogens is 428 g/mol. The van der Waals surface area contributed by atoms with Gasteiger partial charge in [-0.1, -0.05) is 6.07 Å². The van der Waals surface area contributed by atoms with Crippen LogP contribution in [0.3, 0.4) is 0 Å². The summed E-state index contributed by atoms with van der Waals surface area (Å²) in [6.07, 6.45) is 0. The first-order valence-electron chi connectivity index (χ1n) is 8.67. The second kappa shape index (κ2) is 9.51. The minimum atomic E-state index is -0.705. The maximum absolute atomic E-state index is 12.4. The Morgan fingerprint density at radius 3 is 2.53 bits per heavy atom. The van der Waals surface area contributed by atoms with Crippen molar-refractivity contribution in [1.29, 1.82) is 0 Å². The van der Waals surface area contributed by atoms with Gasteiger partial charge in [0.15, 0.2) is 18.1 Å². The van der Waals surface area contributed by atoms with E-state index in [-0.39, 0.29) is 4.88 Å². The van der Waals surface area contributed by atoms with E-state index in [1.165, 1.54) is 18.4 Å². The number of aryl methyl sites for hydroxylation is 1. The summed E-state index contributed by atoms with van der Waals surface area (Å²) in [5.74, 6) is -0.799. The Labute approximate surface area is 180 Å². The summed E-state index contributed by atoms with van der Waals surface area (Å²) in [4.78, 5) is 41.2. The summed E-state index contributed by atoms with van der Waals surface area (Å²) in [6, 6.07) is 8.61. The number of carbonyl (C=O) groups is 3. The fourth-order valence-corrected chi connectivity index (χ4v) is 4.08. The molecule has 2 amide bonds. The van der Waals surface area contributed by atoms with Crippen molar-refractivity contribution in [2.75, 3.05) is 20.8 Å². The summed E-state index contributed by atoms with van der Waals surface area (Å²) in [6.45, 7) is 1.11. The Kier molecular flexibility index (Phi) is 6.80. The fourth-order valence-electron chi connectivity index (χ4n) is 2.51. The number of imide groups is 1. The number of amides is 2. The average molecular weight is 447 g/mol. The van der Waals surface area contributed by atoms with Crippen LogP contribution in [-0.4, -0.2) is 43.6 Å². The van der Waals surface area contributed by atoms with Crippen LogP contribution in [0.25, 0.3) is 10.6 Å². The topological polar surface area (TPSA) is 104 Å². The smallest absolute Gasteiger partial charge is 0.350 e. The predicted octanol–water partition coefficient (Wildman–Crippen LogP) is 3.31. The van der Waals surface area contributed by atoms with Crippen LogP contribution >= 0.6 is 22.7 Å². The molecule has 0 spiro atoms. The lowest BCUT2D eigenvalue weighted by molar-refractivity contribution is -0.123. The molecule has 2 heterocycles. The van der Waals surface area contributed by atoms with Gasteiger partial charge in [-0.15, -0.1) is 22.7 Å². The molecule has 0 aliphatic rings. The molecule has 0 radical (unpaired) electrons. The molecule has 0 saturated carbocycles. The van der Waals surface area contributed by atoms with Crippen LogP contribution in [-0.2, 0) is 9.53 Å². The number of ether oxygens (including phenoxy) is 3. The standard InChI is InChI=1S/C20H18N2O6S2/c1-11-17(20(25)28-10-16(23)22-18(24)15-5-4-8-29-15)30-19(21-11)12-6-7-13(26-2)14(9-12)27-3/h4-9H,10H2,1-3H3,(H,22,23,24). The maximum atomic E-state index is 12.4. The zero-order valence-corrected chi connectivity index (χ0v) is 18.0. The van der Waals surface area contributed by atoms with Crippen LogP contribution in [0.1, 0.15) is 25.0 Å². The third-order valence-corrected chi connectivity index (χ3v) is 6.00. The number of esters is 1. The Bertz CT molecular complexity index is 1080. The molecule has 3 rings (SSSR count). The monoisotopic (exact) mass is 446 g/mol. The molecule has 1 aromatic carbocycles. The third-order valence-electron chi connectivity index (χ3n) is 3.94. The van der Waals surface area contributed by atoms with Gasteiger partial charge in [-0.3, -0.25) is 14.9 Å². The number of hydrogen-bond donors (Lipinski definition) is 1. The van der Waals surface area contributed by atoms with Gasteiger partial charge < -0.3 is 14.2 Å². The highest BCUT2D eigenvalue weighted by molar-refractivity contribution is 7.17. The summed E-state index contributed by atoms with van der Waals surface area (Å²) in [5, 5.41) is 4.49. The number of hydrogen-bond acceptors (Lipinski definition) is 9. The first-order chi connectivity index (χ1) is 14.4. The molecule has 0 unspecified atom stereocenters. The zero-order chi connectivity index (χ0) is 21.7. The molecule has 1 N–H and O–H groups in total. The number of carbonyl (C=O) groups excluding carboxylic acids is 3. The van der Waals surface area contributed by atoms with Crippen molar-refractivity contribution in [3.8, 4) is 22.1 Å². The first kappa shape index (κ1) is 21.5. The van der Waals surface area contributed by atoms with Gasteiger partial charge in [0, 0.05) is 5.56 Å². The Morgan fingerprint density at radius 1 is 1.10 bits per heavy atom. The number of nitrogens with zero attached hydrogens (tertiary/aromatic N) is 1. The van der Waals surface area contributed by atoms with Crippen LogP contribution in [0, 0.1) is 6.92 Å². The fraction of sp³-hybridized carbons (Fsp3) is 0.200. The molecule has 0 fully saturated rings. The minimum absolute atomic E-state index is 0.275. The summed E-state index contributed by atoms with van der Waals surface area (Å²) in [7, 11) is 3.08. The number of aromatic nitrogens is 1. The summed E-state index contributed by atoms with van der Waals surface area (Å²) in [5.41, 5.74) is 1.23. The molecule has 2 aromatic heterocycles. The lowest BCUT2D eigenvalue weighted by Crippen LogP contribution is -2.33. The zero-order valence-electron chi connectivity index (χ0n) is 16.4. The van der Waals surface area contributed by atoms with E-state index in [0.717, 1.165) is 16.9 Å². The van der Waals surface area contributed by atoms with Crippen LogP contribution in [0.5, 0.6) is 11.5 Å². The maximum Gasteiger partial charge on any atom is 0.350 e. The van der Waals surface area contributed by atoms with E-state index in [1.807, 2.05) is 0 Å². The number of rotatable bonds is 7. The number of methoxy groups -OCH3 is 2. The molecule has 8 nitrogen and oxygen atoms in total. The normalized spacial score (nSPS) is 10.4. The van der Waals surface area contributed by atoms with Crippen molar-refractivity contribution in [1.82, 2.24) is 10.3 Å². The van der Waals surface area contributed by atoms with E-state index in [2.05, 4.69) is 10.3 Å². The van der Waals surface area contributed by atoms with Crippen molar-refractivity contribution in [2.24, 2.45) is 0 Å². The van der Waals surface area contributed by atoms with Gasteiger partial charge in [0.2, 0.25) is 0 Å². The van der Waals surface area contributed by atoms with Crippen LogP contribution in [0.2, 0.25) is 0 Å². The van der Waals surface area contributed by atoms with Crippen LogP contribution in [0.4, 0.5) is 0 Å². The van der Waals surface area contributed by atoms with Crippen molar-refractivity contribution in [2.45, 2.75) is 6.92 Å². The van der Waals surface area contributed by atoms with E-state index in [0.29, 0.717) is 27.1 Å². The van der Waals surface area contributed by atoms with Crippen LogP contribution in [0.15, 0.2) is 35.7 Å². The molecule has 3 aromatic rings. The van der Waals surface area contributed by atoms with E-state index in [1.54, 1.807) is 49.7 Å². The SMILES string of the molecule is COc1ccc(-c2nc(C)c(C(=O)OCC(=O)NC(=O)c3cccs3)s2)cc1OC. The van der Waals surface area contributed by atoms with Crippen molar-refractivity contribution < 1.29 is 28.6 Å². The predicted molar refractivity (Wildman–Crippen MR) is 112 cm³/mol. The van der Waals surface area contributed by atoms with E-state index in [9.17, 15) is 14.4 Å². The average Bonchev–Trinajstić information content (AvgIpc) is 3.41. The third kappa shape index (κ3) is 4.84. The molecule has 0 bridgehead atoms. The van der Waals surface area contributed by atoms with Crippen LogP contribution < -0.4 is 14.8 Å².